The minimum Gasteiger partial charge on any atom is -0.506 e. The van der Waals surface area contributed by atoms with Crippen molar-refractivity contribution in [2.45, 2.75) is 0 Å². The predicted molar refractivity (Wildman–Crippen MR) is 89.7 cm³/mol. The van der Waals surface area contributed by atoms with Gasteiger partial charge in [0.05, 0.1) is 5.52 Å². The lowest BCUT2D eigenvalue weighted by Gasteiger charge is -2.14. The number of pyridine rings is 1. The molecule has 0 spiro atoms. The summed E-state index contributed by atoms with van der Waals surface area (Å²) in [5.41, 5.74) is 1.46. The second-order valence-corrected chi connectivity index (χ2v) is 5.23. The van der Waals surface area contributed by atoms with Gasteiger partial charge in [0.25, 0.3) is 11.5 Å². The van der Waals surface area contributed by atoms with Crippen molar-refractivity contribution in [1.82, 2.24) is 9.88 Å². The molecule has 0 atom stereocenters. The quantitative estimate of drug-likeness (QED) is 0.763. The molecule has 116 valence electrons. The first-order chi connectivity index (χ1) is 11.1. The third-order valence-electron chi connectivity index (χ3n) is 3.93. The summed E-state index contributed by atoms with van der Waals surface area (Å²) in [5, 5.41) is 13.5. The van der Waals surface area contributed by atoms with Crippen LogP contribution in [0.4, 0.5) is 0 Å². The minimum atomic E-state index is -0.604. The number of aromatic hydroxyl groups is 1. The Bertz CT molecular complexity index is 959. The zero-order chi connectivity index (χ0) is 16.6. The van der Waals surface area contributed by atoms with E-state index in [9.17, 15) is 14.7 Å². The molecule has 0 saturated carbocycles. The summed E-state index contributed by atoms with van der Waals surface area (Å²) in [5.74, 6) is -0.894. The Labute approximate surface area is 132 Å². The van der Waals surface area contributed by atoms with Crippen molar-refractivity contribution >= 4 is 16.8 Å². The summed E-state index contributed by atoms with van der Waals surface area (Å²) in [6.45, 7) is 0. The molecule has 5 nitrogen and oxygen atoms in total. The Morgan fingerprint density at radius 2 is 1.78 bits per heavy atom. The largest absolute Gasteiger partial charge is 0.506 e. The summed E-state index contributed by atoms with van der Waals surface area (Å²) >= 11 is 0. The number of amides is 1. The van der Waals surface area contributed by atoms with Gasteiger partial charge in [-0.25, -0.2) is 0 Å². The van der Waals surface area contributed by atoms with Crippen LogP contribution in [0.1, 0.15) is 10.4 Å². The third kappa shape index (κ3) is 2.26. The number of benzene rings is 2. The first kappa shape index (κ1) is 14.8. The Hall–Kier alpha value is -3.08. The van der Waals surface area contributed by atoms with Crippen LogP contribution >= 0.6 is 0 Å². The van der Waals surface area contributed by atoms with E-state index >= 15 is 0 Å². The molecule has 2 N–H and O–H groups in total. The average Bonchev–Trinajstić information content (AvgIpc) is 2.59. The molecule has 1 amide bonds. The molecule has 2 aromatic carbocycles. The van der Waals surface area contributed by atoms with Gasteiger partial charge in [0, 0.05) is 19.5 Å². The highest BCUT2D eigenvalue weighted by Gasteiger charge is 2.22. The highest BCUT2D eigenvalue weighted by Crippen LogP contribution is 2.35. The van der Waals surface area contributed by atoms with Gasteiger partial charge in [-0.3, -0.25) is 9.59 Å². The van der Waals surface area contributed by atoms with Crippen LogP contribution < -0.4 is 10.9 Å². The minimum absolute atomic E-state index is 0.245. The SMILES string of the molecule is CNC(=O)c1c(O)c2c(-c3ccccc3)cccc2n(C)c1=O. The van der Waals surface area contributed by atoms with Crippen LogP contribution in [0.25, 0.3) is 22.0 Å². The van der Waals surface area contributed by atoms with Gasteiger partial charge in [-0.05, 0) is 17.2 Å². The second kappa shape index (κ2) is 5.61. The lowest BCUT2D eigenvalue weighted by Crippen LogP contribution is -2.30. The van der Waals surface area contributed by atoms with E-state index in [2.05, 4.69) is 5.32 Å². The molecule has 0 aliphatic heterocycles. The number of carbonyl (C=O) groups excluding carboxylic acids is 1. The van der Waals surface area contributed by atoms with Crippen LogP contribution in [0.2, 0.25) is 0 Å². The van der Waals surface area contributed by atoms with Crippen molar-refractivity contribution in [3.05, 3.63) is 64.4 Å². The molecule has 0 fully saturated rings. The van der Waals surface area contributed by atoms with Crippen molar-refractivity contribution in [3.63, 3.8) is 0 Å². The van der Waals surface area contributed by atoms with Crippen LogP contribution in [0.3, 0.4) is 0 Å². The number of rotatable bonds is 2. The van der Waals surface area contributed by atoms with Crippen molar-refractivity contribution < 1.29 is 9.90 Å². The number of aryl methyl sites for hydroxylation is 1. The maximum absolute atomic E-state index is 12.4. The number of hydrogen-bond acceptors (Lipinski definition) is 3. The van der Waals surface area contributed by atoms with Crippen LogP contribution in [0.5, 0.6) is 5.75 Å². The molecule has 1 heterocycles. The fraction of sp³-hybridized carbons (Fsp3) is 0.111. The molecule has 0 saturated heterocycles. The highest BCUT2D eigenvalue weighted by molar-refractivity contribution is 6.06. The molecular weight excluding hydrogens is 292 g/mol. The Balaban J connectivity index is 2.49. The van der Waals surface area contributed by atoms with E-state index in [1.165, 1.54) is 11.6 Å². The first-order valence-electron chi connectivity index (χ1n) is 7.18. The summed E-state index contributed by atoms with van der Waals surface area (Å²) < 4.78 is 1.38. The fourth-order valence-corrected chi connectivity index (χ4v) is 2.76. The van der Waals surface area contributed by atoms with Gasteiger partial charge in [-0.15, -0.1) is 0 Å². The van der Waals surface area contributed by atoms with E-state index in [1.807, 2.05) is 42.5 Å². The fourth-order valence-electron chi connectivity index (χ4n) is 2.76. The standard InChI is InChI=1S/C18H16N2O3/c1-19-17(22)15-16(21)14-12(11-7-4-3-5-8-11)9-6-10-13(14)20(2)18(15)23/h3-10,21H,1-2H3,(H,19,22). The predicted octanol–water partition coefficient (Wildman–Crippen LogP) is 2.27. The molecule has 0 unspecified atom stereocenters. The molecule has 23 heavy (non-hydrogen) atoms. The zero-order valence-electron chi connectivity index (χ0n) is 12.8. The lowest BCUT2D eigenvalue weighted by atomic mass is 9.98. The maximum atomic E-state index is 12.4. The number of hydrogen-bond donors (Lipinski definition) is 2. The molecule has 3 rings (SSSR count). The van der Waals surface area contributed by atoms with Gasteiger partial charge in [0.2, 0.25) is 0 Å². The number of aromatic nitrogens is 1. The number of fused-ring (bicyclic) bond motifs is 1. The van der Waals surface area contributed by atoms with Crippen LogP contribution in [-0.2, 0) is 7.05 Å². The van der Waals surface area contributed by atoms with E-state index in [1.54, 1.807) is 13.1 Å². The molecule has 0 radical (unpaired) electrons. The average molecular weight is 308 g/mol. The smallest absolute Gasteiger partial charge is 0.267 e. The van der Waals surface area contributed by atoms with Crippen molar-refractivity contribution in [3.8, 4) is 16.9 Å². The first-order valence-corrected chi connectivity index (χ1v) is 7.18. The van der Waals surface area contributed by atoms with E-state index < -0.39 is 11.5 Å². The zero-order valence-corrected chi connectivity index (χ0v) is 12.8. The van der Waals surface area contributed by atoms with Gasteiger partial charge in [0.1, 0.15) is 11.3 Å². The molecule has 3 aromatic rings. The van der Waals surface area contributed by atoms with Gasteiger partial charge >= 0.3 is 0 Å². The van der Waals surface area contributed by atoms with Crippen molar-refractivity contribution in [2.24, 2.45) is 7.05 Å². The normalized spacial score (nSPS) is 10.7. The Kier molecular flexibility index (Phi) is 3.62. The van der Waals surface area contributed by atoms with Gasteiger partial charge in [-0.1, -0.05) is 42.5 Å². The molecule has 0 aliphatic rings. The van der Waals surface area contributed by atoms with Gasteiger partial charge < -0.3 is 15.0 Å². The van der Waals surface area contributed by atoms with Gasteiger partial charge in [-0.2, -0.15) is 0 Å². The van der Waals surface area contributed by atoms with E-state index in [4.69, 9.17) is 0 Å². The molecule has 5 heteroatoms. The summed E-state index contributed by atoms with van der Waals surface area (Å²) in [4.78, 5) is 24.4. The molecule has 0 bridgehead atoms. The van der Waals surface area contributed by atoms with E-state index in [0.29, 0.717) is 10.9 Å². The number of carbonyl (C=O) groups is 1. The number of nitrogens with one attached hydrogen (secondary N) is 1. The number of nitrogens with zero attached hydrogens (tertiary/aromatic N) is 1. The lowest BCUT2D eigenvalue weighted by molar-refractivity contribution is 0.0958. The molecular formula is C18H16N2O3. The third-order valence-corrected chi connectivity index (χ3v) is 3.93. The Morgan fingerprint density at radius 3 is 2.43 bits per heavy atom. The highest BCUT2D eigenvalue weighted by atomic mass is 16.3. The second-order valence-electron chi connectivity index (χ2n) is 5.23. The molecule has 0 aliphatic carbocycles. The Morgan fingerprint density at radius 1 is 1.09 bits per heavy atom. The van der Waals surface area contributed by atoms with Crippen molar-refractivity contribution in [2.75, 3.05) is 7.05 Å². The van der Waals surface area contributed by atoms with E-state index in [0.717, 1.165) is 11.1 Å². The van der Waals surface area contributed by atoms with Crippen LogP contribution in [0.15, 0.2) is 53.3 Å². The van der Waals surface area contributed by atoms with Crippen LogP contribution in [0, 0.1) is 0 Å². The monoisotopic (exact) mass is 308 g/mol. The molecule has 1 aromatic heterocycles. The van der Waals surface area contributed by atoms with Crippen molar-refractivity contribution in [1.29, 1.82) is 0 Å². The summed E-state index contributed by atoms with van der Waals surface area (Å²) in [7, 11) is 3.01. The summed E-state index contributed by atoms with van der Waals surface area (Å²) in [6.07, 6.45) is 0. The topological polar surface area (TPSA) is 71.3 Å². The summed E-state index contributed by atoms with van der Waals surface area (Å²) in [6, 6.07) is 15.0. The van der Waals surface area contributed by atoms with Gasteiger partial charge in [0.15, 0.2) is 0 Å². The van der Waals surface area contributed by atoms with E-state index in [-0.39, 0.29) is 11.3 Å². The van der Waals surface area contributed by atoms with Crippen LogP contribution in [-0.4, -0.2) is 22.6 Å². The maximum Gasteiger partial charge on any atom is 0.267 e.